The van der Waals surface area contributed by atoms with E-state index >= 15 is 0 Å². The number of amides is 2. The maximum atomic E-state index is 12.6. The number of benzene rings is 1. The Morgan fingerprint density at radius 1 is 1.32 bits per heavy atom. The van der Waals surface area contributed by atoms with Crippen LogP contribution >= 0.6 is 0 Å². The number of carbonyl (C=O) groups is 2. The summed E-state index contributed by atoms with van der Waals surface area (Å²) in [4.78, 5) is 25.5. The van der Waals surface area contributed by atoms with E-state index in [9.17, 15) is 9.59 Å². The summed E-state index contributed by atoms with van der Waals surface area (Å²) in [5.74, 6) is -0.569. The molecule has 2 N–H and O–H groups in total. The first-order valence-electron chi connectivity index (χ1n) is 7.66. The standard InChI is InChI=1S/C17H24N2O3/c1-12-4-6-14(7-5-12)8-9-17(10-11-17)16(21)19(3)13(2)15(20)18-22/h4-7,13,22H,8-11H2,1-3H3,(H,18,20)/t13-/m1/s1. The average molecular weight is 304 g/mol. The number of hydrogen-bond acceptors (Lipinski definition) is 3. The summed E-state index contributed by atoms with van der Waals surface area (Å²) in [6, 6.07) is 7.69. The molecule has 0 aliphatic heterocycles. The SMILES string of the molecule is Cc1ccc(CCC2(C(=O)N(C)[C@H](C)C(=O)NO)CC2)cc1. The number of rotatable bonds is 6. The molecule has 0 radical (unpaired) electrons. The topological polar surface area (TPSA) is 69.6 Å². The zero-order chi connectivity index (χ0) is 16.3. The van der Waals surface area contributed by atoms with Gasteiger partial charge in [-0.25, -0.2) is 5.48 Å². The van der Waals surface area contributed by atoms with Crippen LogP contribution in [0.5, 0.6) is 0 Å². The van der Waals surface area contributed by atoms with Gasteiger partial charge in [-0.3, -0.25) is 14.8 Å². The van der Waals surface area contributed by atoms with Crippen molar-refractivity contribution in [2.45, 2.75) is 45.6 Å². The van der Waals surface area contributed by atoms with Crippen LogP contribution in [-0.4, -0.2) is 35.0 Å². The summed E-state index contributed by atoms with van der Waals surface area (Å²) in [6.45, 7) is 3.66. The molecule has 5 nitrogen and oxygen atoms in total. The maximum absolute atomic E-state index is 12.6. The molecule has 120 valence electrons. The molecule has 1 aliphatic carbocycles. The fraction of sp³-hybridized carbons (Fsp3) is 0.529. The van der Waals surface area contributed by atoms with Gasteiger partial charge in [0.25, 0.3) is 5.91 Å². The molecule has 0 spiro atoms. The molecule has 1 atom stereocenters. The number of carbonyl (C=O) groups excluding carboxylic acids is 2. The molecule has 1 aromatic rings. The van der Waals surface area contributed by atoms with Crippen LogP contribution in [0.4, 0.5) is 0 Å². The van der Waals surface area contributed by atoms with Crippen molar-refractivity contribution in [3.05, 3.63) is 35.4 Å². The van der Waals surface area contributed by atoms with Crippen molar-refractivity contribution in [2.75, 3.05) is 7.05 Å². The highest BCUT2D eigenvalue weighted by Crippen LogP contribution is 2.51. The van der Waals surface area contributed by atoms with E-state index in [0.717, 1.165) is 25.7 Å². The molecule has 0 unspecified atom stereocenters. The largest absolute Gasteiger partial charge is 0.333 e. The monoisotopic (exact) mass is 304 g/mol. The van der Waals surface area contributed by atoms with Gasteiger partial charge in [-0.2, -0.15) is 0 Å². The molecule has 0 heterocycles. The number of aryl methyl sites for hydroxylation is 2. The molecule has 22 heavy (non-hydrogen) atoms. The lowest BCUT2D eigenvalue weighted by atomic mass is 9.94. The Balaban J connectivity index is 1.97. The van der Waals surface area contributed by atoms with E-state index in [1.165, 1.54) is 16.0 Å². The smallest absolute Gasteiger partial charge is 0.265 e. The second kappa shape index (κ2) is 6.48. The van der Waals surface area contributed by atoms with Crippen molar-refractivity contribution in [1.82, 2.24) is 10.4 Å². The van der Waals surface area contributed by atoms with Crippen molar-refractivity contribution in [2.24, 2.45) is 5.41 Å². The molecular formula is C17H24N2O3. The summed E-state index contributed by atoms with van der Waals surface area (Å²) >= 11 is 0. The Kier molecular flexibility index (Phi) is 4.86. The molecule has 0 saturated heterocycles. The Bertz CT molecular complexity index is 550. The molecule has 0 aromatic heterocycles. The Morgan fingerprint density at radius 2 is 1.91 bits per heavy atom. The fourth-order valence-electron chi connectivity index (χ4n) is 2.68. The second-order valence-electron chi connectivity index (χ2n) is 6.33. The third-order valence-corrected chi connectivity index (χ3v) is 4.71. The second-order valence-corrected chi connectivity index (χ2v) is 6.33. The summed E-state index contributed by atoms with van der Waals surface area (Å²) < 4.78 is 0. The van der Waals surface area contributed by atoms with Gasteiger partial charge < -0.3 is 4.90 Å². The quantitative estimate of drug-likeness (QED) is 0.624. The van der Waals surface area contributed by atoms with E-state index < -0.39 is 11.9 Å². The maximum Gasteiger partial charge on any atom is 0.265 e. The van der Waals surface area contributed by atoms with Crippen LogP contribution in [0.15, 0.2) is 24.3 Å². The third-order valence-electron chi connectivity index (χ3n) is 4.71. The van der Waals surface area contributed by atoms with Gasteiger partial charge in [0.05, 0.1) is 0 Å². The molecule has 1 fully saturated rings. The Hall–Kier alpha value is -1.88. The molecular weight excluding hydrogens is 280 g/mol. The van der Waals surface area contributed by atoms with Crippen LogP contribution in [-0.2, 0) is 16.0 Å². The van der Waals surface area contributed by atoms with Crippen molar-refractivity contribution in [3.8, 4) is 0 Å². The number of likely N-dealkylation sites (N-methyl/N-ethyl adjacent to an activating group) is 1. The fourth-order valence-corrected chi connectivity index (χ4v) is 2.68. The first-order valence-corrected chi connectivity index (χ1v) is 7.66. The first kappa shape index (κ1) is 16.5. The number of hydroxylamine groups is 1. The Morgan fingerprint density at radius 3 is 2.41 bits per heavy atom. The summed E-state index contributed by atoms with van der Waals surface area (Å²) in [5, 5.41) is 8.69. The van der Waals surface area contributed by atoms with Crippen LogP contribution in [0.1, 0.15) is 37.3 Å². The van der Waals surface area contributed by atoms with E-state index in [-0.39, 0.29) is 11.3 Å². The number of nitrogens with one attached hydrogen (secondary N) is 1. The first-order chi connectivity index (χ1) is 10.4. The molecule has 0 bridgehead atoms. The average Bonchev–Trinajstić information content (AvgIpc) is 3.32. The third kappa shape index (κ3) is 3.47. The van der Waals surface area contributed by atoms with E-state index in [1.807, 2.05) is 0 Å². The van der Waals surface area contributed by atoms with Gasteiger partial charge in [0.2, 0.25) is 5.91 Å². The van der Waals surface area contributed by atoms with Crippen LogP contribution in [0.3, 0.4) is 0 Å². The normalized spacial score (nSPS) is 16.7. The van der Waals surface area contributed by atoms with Crippen molar-refractivity contribution in [1.29, 1.82) is 0 Å². The minimum atomic E-state index is -0.672. The lowest BCUT2D eigenvalue weighted by molar-refractivity contribution is -0.145. The van der Waals surface area contributed by atoms with Gasteiger partial charge in [0.15, 0.2) is 0 Å². The van der Waals surface area contributed by atoms with Crippen LogP contribution in [0, 0.1) is 12.3 Å². The lowest BCUT2D eigenvalue weighted by Gasteiger charge is -2.27. The predicted octanol–water partition coefficient (Wildman–Crippen LogP) is 2.06. The lowest BCUT2D eigenvalue weighted by Crippen LogP contribution is -2.47. The zero-order valence-electron chi connectivity index (χ0n) is 13.4. The molecule has 5 heteroatoms. The van der Waals surface area contributed by atoms with Crippen molar-refractivity contribution in [3.63, 3.8) is 0 Å². The predicted molar refractivity (Wildman–Crippen MR) is 83.3 cm³/mol. The van der Waals surface area contributed by atoms with Gasteiger partial charge in [0, 0.05) is 12.5 Å². The molecule has 1 aromatic carbocycles. The summed E-state index contributed by atoms with van der Waals surface area (Å²) in [7, 11) is 1.62. The van der Waals surface area contributed by atoms with E-state index in [1.54, 1.807) is 19.5 Å². The summed E-state index contributed by atoms with van der Waals surface area (Å²) in [5.41, 5.74) is 3.73. The highest BCUT2D eigenvalue weighted by molar-refractivity contribution is 5.90. The number of hydrogen-bond donors (Lipinski definition) is 2. The molecule has 2 rings (SSSR count). The van der Waals surface area contributed by atoms with Gasteiger partial charge in [-0.15, -0.1) is 0 Å². The van der Waals surface area contributed by atoms with Gasteiger partial charge in [-0.1, -0.05) is 29.8 Å². The van der Waals surface area contributed by atoms with Crippen LogP contribution in [0.2, 0.25) is 0 Å². The van der Waals surface area contributed by atoms with E-state index in [2.05, 4.69) is 31.2 Å². The van der Waals surface area contributed by atoms with Crippen molar-refractivity contribution >= 4 is 11.8 Å². The molecule has 1 aliphatic rings. The van der Waals surface area contributed by atoms with Gasteiger partial charge in [0.1, 0.15) is 6.04 Å². The van der Waals surface area contributed by atoms with E-state index in [4.69, 9.17) is 5.21 Å². The Labute approximate surface area is 131 Å². The minimum Gasteiger partial charge on any atom is -0.333 e. The van der Waals surface area contributed by atoms with Crippen LogP contribution in [0.25, 0.3) is 0 Å². The van der Waals surface area contributed by atoms with Gasteiger partial charge >= 0.3 is 0 Å². The number of nitrogens with zero attached hydrogens (tertiary/aromatic N) is 1. The summed E-state index contributed by atoms with van der Waals surface area (Å²) in [6.07, 6.45) is 3.40. The van der Waals surface area contributed by atoms with Crippen molar-refractivity contribution < 1.29 is 14.8 Å². The highest BCUT2D eigenvalue weighted by atomic mass is 16.5. The van der Waals surface area contributed by atoms with Crippen LogP contribution < -0.4 is 5.48 Å². The van der Waals surface area contributed by atoms with E-state index in [0.29, 0.717) is 0 Å². The molecule has 2 amide bonds. The highest BCUT2D eigenvalue weighted by Gasteiger charge is 2.51. The minimum absolute atomic E-state index is 0.00397. The zero-order valence-corrected chi connectivity index (χ0v) is 13.4. The van der Waals surface area contributed by atoms with Gasteiger partial charge in [-0.05, 0) is 45.1 Å². The molecule has 1 saturated carbocycles.